The zero-order valence-corrected chi connectivity index (χ0v) is 10.3. The summed E-state index contributed by atoms with van der Waals surface area (Å²) in [5, 5.41) is 0. The number of alkyl halides is 3. The van der Waals surface area contributed by atoms with Crippen molar-refractivity contribution < 1.29 is 22.7 Å². The van der Waals surface area contributed by atoms with Crippen LogP contribution in [-0.2, 0) is 0 Å². The van der Waals surface area contributed by atoms with Gasteiger partial charge in [-0.25, -0.2) is 9.69 Å². The van der Waals surface area contributed by atoms with Crippen LogP contribution in [0.3, 0.4) is 0 Å². The maximum Gasteiger partial charge on any atom is 0.488 e. The summed E-state index contributed by atoms with van der Waals surface area (Å²) in [4.78, 5) is 12.9. The Morgan fingerprint density at radius 3 is 2.53 bits per heavy atom. The second-order valence-corrected chi connectivity index (χ2v) is 4.08. The third kappa shape index (κ3) is 2.59. The predicted molar refractivity (Wildman–Crippen MR) is 63.1 cm³/mol. The van der Waals surface area contributed by atoms with Gasteiger partial charge in [0.15, 0.2) is 0 Å². The third-order valence-electron chi connectivity index (χ3n) is 2.91. The van der Waals surface area contributed by atoms with Crippen LogP contribution in [0, 0.1) is 0 Å². The highest BCUT2D eigenvalue weighted by Gasteiger charge is 2.45. The molecule has 0 radical (unpaired) electrons. The molecule has 1 aromatic carbocycles. The third-order valence-corrected chi connectivity index (χ3v) is 2.91. The van der Waals surface area contributed by atoms with Crippen molar-refractivity contribution in [3.05, 3.63) is 24.3 Å². The van der Waals surface area contributed by atoms with Gasteiger partial charge in [-0.15, -0.1) is 13.2 Å². The Bertz CT molecular complexity index is 476. The summed E-state index contributed by atoms with van der Waals surface area (Å²) >= 11 is 0. The van der Waals surface area contributed by atoms with Crippen LogP contribution in [0.5, 0.6) is 5.75 Å². The van der Waals surface area contributed by atoms with E-state index in [1.807, 2.05) is 0 Å². The number of ether oxygens (including phenoxy) is 1. The largest absolute Gasteiger partial charge is 0.495 e. The second-order valence-electron chi connectivity index (χ2n) is 4.08. The lowest BCUT2D eigenvalue weighted by Crippen LogP contribution is -2.55. The predicted octanol–water partition coefficient (Wildman–Crippen LogP) is 2.85. The number of carbonyl (C=O) groups excluding carboxylic acids is 1. The van der Waals surface area contributed by atoms with Crippen LogP contribution >= 0.6 is 0 Å². The molecule has 0 N–H and O–H groups in total. The van der Waals surface area contributed by atoms with E-state index in [1.54, 1.807) is 24.3 Å². The molecular formula is C12H13F3N2O2. The van der Waals surface area contributed by atoms with Crippen LogP contribution in [0.15, 0.2) is 24.3 Å². The second kappa shape index (κ2) is 4.99. The maximum atomic E-state index is 12.7. The molecule has 0 aromatic heterocycles. The molecule has 19 heavy (non-hydrogen) atoms. The molecule has 0 bridgehead atoms. The highest BCUT2D eigenvalue weighted by molar-refractivity contribution is 5.94. The molecule has 7 heteroatoms. The van der Waals surface area contributed by atoms with Crippen molar-refractivity contribution in [2.75, 3.05) is 25.1 Å². The fourth-order valence-electron chi connectivity index (χ4n) is 2.04. The molecule has 0 unspecified atom stereocenters. The monoisotopic (exact) mass is 274 g/mol. The van der Waals surface area contributed by atoms with Crippen LogP contribution in [0.4, 0.5) is 23.7 Å². The molecule has 104 valence electrons. The van der Waals surface area contributed by atoms with Gasteiger partial charge in [0, 0.05) is 13.1 Å². The Labute approximate surface area is 108 Å². The number of rotatable bonds is 2. The molecular weight excluding hydrogens is 261 g/mol. The van der Waals surface area contributed by atoms with Gasteiger partial charge in [0.25, 0.3) is 0 Å². The molecule has 0 saturated carbocycles. The summed E-state index contributed by atoms with van der Waals surface area (Å²) in [6, 6.07) is 5.45. The molecule has 4 nitrogen and oxygen atoms in total. The summed E-state index contributed by atoms with van der Waals surface area (Å²) in [6.45, 7) is -0.0697. The van der Waals surface area contributed by atoms with Crippen molar-refractivity contribution >= 4 is 11.7 Å². The number of halogens is 3. The summed E-state index contributed by atoms with van der Waals surface area (Å²) < 4.78 is 43.2. The number of carbonyl (C=O) groups is 1. The number of methoxy groups -OCH3 is 1. The van der Waals surface area contributed by atoms with Gasteiger partial charge in [0.2, 0.25) is 0 Å². The number of nitrogens with zero attached hydrogens (tertiary/aromatic N) is 2. The minimum Gasteiger partial charge on any atom is -0.495 e. The first kappa shape index (κ1) is 13.5. The highest BCUT2D eigenvalue weighted by Crippen LogP contribution is 2.33. The van der Waals surface area contributed by atoms with E-state index in [0.717, 1.165) is 4.90 Å². The molecule has 0 atom stereocenters. The molecule has 2 amide bonds. The summed E-state index contributed by atoms with van der Waals surface area (Å²) in [7, 11) is 1.41. The minimum atomic E-state index is -4.65. The minimum absolute atomic E-state index is 0.0804. The zero-order valence-electron chi connectivity index (χ0n) is 10.3. The molecule has 1 aromatic rings. The van der Waals surface area contributed by atoms with Gasteiger partial charge in [-0.3, -0.25) is 4.90 Å². The molecule has 0 spiro atoms. The van der Waals surface area contributed by atoms with Gasteiger partial charge >= 0.3 is 12.3 Å². The van der Waals surface area contributed by atoms with E-state index in [1.165, 1.54) is 7.11 Å². The van der Waals surface area contributed by atoms with Crippen molar-refractivity contribution in [2.45, 2.75) is 12.7 Å². The van der Waals surface area contributed by atoms with Gasteiger partial charge in [-0.2, -0.15) is 0 Å². The van der Waals surface area contributed by atoms with E-state index in [2.05, 4.69) is 0 Å². The molecule has 1 fully saturated rings. The van der Waals surface area contributed by atoms with E-state index >= 15 is 0 Å². The SMILES string of the molecule is COc1ccccc1N1CCCN(C(F)(F)F)C1=O. The Hall–Kier alpha value is -1.92. The van der Waals surface area contributed by atoms with Gasteiger partial charge in [-0.05, 0) is 18.6 Å². The van der Waals surface area contributed by atoms with E-state index in [0.29, 0.717) is 11.4 Å². The fourth-order valence-corrected chi connectivity index (χ4v) is 2.04. The number of amides is 2. The average molecular weight is 274 g/mol. The Kier molecular flexibility index (Phi) is 3.55. The summed E-state index contributed by atoms with van der Waals surface area (Å²) in [5.41, 5.74) is 0.351. The van der Waals surface area contributed by atoms with Crippen LogP contribution in [-0.4, -0.2) is 37.4 Å². The van der Waals surface area contributed by atoms with Gasteiger partial charge in [-0.1, -0.05) is 12.1 Å². The van der Waals surface area contributed by atoms with Crippen LogP contribution in [0.25, 0.3) is 0 Å². The molecule has 1 saturated heterocycles. The Balaban J connectivity index is 2.32. The standard InChI is InChI=1S/C12H13F3N2O2/c1-19-10-6-3-2-5-9(10)16-7-4-8-17(11(16)18)12(13,14)15/h2-3,5-6H,4,7-8H2,1H3. The quantitative estimate of drug-likeness (QED) is 0.777. The van der Waals surface area contributed by atoms with Gasteiger partial charge in [0.05, 0.1) is 12.8 Å². The lowest BCUT2D eigenvalue weighted by molar-refractivity contribution is -0.224. The molecule has 1 aliphatic heterocycles. The highest BCUT2D eigenvalue weighted by atomic mass is 19.4. The molecule has 2 rings (SSSR count). The number of anilines is 1. The summed E-state index contributed by atoms with van der Waals surface area (Å²) in [5.74, 6) is 0.375. The average Bonchev–Trinajstić information content (AvgIpc) is 2.37. The first-order chi connectivity index (χ1) is 8.95. The van der Waals surface area contributed by atoms with Crippen molar-refractivity contribution in [1.29, 1.82) is 0 Å². The number of para-hydroxylation sites is 2. The zero-order chi connectivity index (χ0) is 14.0. The molecule has 1 aliphatic rings. The van der Waals surface area contributed by atoms with Gasteiger partial charge < -0.3 is 4.74 Å². The van der Waals surface area contributed by atoms with Gasteiger partial charge in [0.1, 0.15) is 5.75 Å². The van der Waals surface area contributed by atoms with Crippen LogP contribution < -0.4 is 9.64 Å². The van der Waals surface area contributed by atoms with Crippen molar-refractivity contribution in [3.8, 4) is 5.75 Å². The number of benzene rings is 1. The van der Waals surface area contributed by atoms with Crippen molar-refractivity contribution in [2.24, 2.45) is 0 Å². The van der Waals surface area contributed by atoms with Crippen LogP contribution in [0.1, 0.15) is 6.42 Å². The topological polar surface area (TPSA) is 32.8 Å². The van der Waals surface area contributed by atoms with E-state index < -0.39 is 12.3 Å². The number of hydrogen-bond acceptors (Lipinski definition) is 2. The normalized spacial score (nSPS) is 16.7. The first-order valence-corrected chi connectivity index (χ1v) is 5.74. The van der Waals surface area contributed by atoms with E-state index in [-0.39, 0.29) is 24.4 Å². The van der Waals surface area contributed by atoms with Crippen LogP contribution in [0.2, 0.25) is 0 Å². The molecule has 1 heterocycles. The van der Waals surface area contributed by atoms with Crippen molar-refractivity contribution in [3.63, 3.8) is 0 Å². The smallest absolute Gasteiger partial charge is 0.488 e. The fraction of sp³-hybridized carbons (Fsp3) is 0.417. The first-order valence-electron chi connectivity index (χ1n) is 5.74. The lowest BCUT2D eigenvalue weighted by Gasteiger charge is -2.36. The number of hydrogen-bond donors (Lipinski definition) is 0. The summed E-state index contributed by atoms with van der Waals surface area (Å²) in [6.07, 6.45) is -4.40. The lowest BCUT2D eigenvalue weighted by atomic mass is 10.2. The van der Waals surface area contributed by atoms with Crippen molar-refractivity contribution in [1.82, 2.24) is 4.90 Å². The Morgan fingerprint density at radius 2 is 1.89 bits per heavy atom. The number of urea groups is 1. The van der Waals surface area contributed by atoms with E-state index in [4.69, 9.17) is 4.74 Å². The maximum absolute atomic E-state index is 12.7. The Morgan fingerprint density at radius 1 is 1.21 bits per heavy atom. The molecule has 0 aliphatic carbocycles. The van der Waals surface area contributed by atoms with E-state index in [9.17, 15) is 18.0 Å².